The maximum Gasteiger partial charge on any atom is 0.00960 e. The zero-order valence-corrected chi connectivity index (χ0v) is 28.1. The van der Waals surface area contributed by atoms with Crippen molar-refractivity contribution in [2.75, 3.05) is 0 Å². The van der Waals surface area contributed by atoms with Crippen LogP contribution in [-0.2, 0) is 0 Å². The highest BCUT2D eigenvalue weighted by atomic mass is 14.7. The fourth-order valence-electron chi connectivity index (χ4n) is 9.68. The second-order valence-corrected chi connectivity index (χ2v) is 15.6. The van der Waals surface area contributed by atoms with Gasteiger partial charge in [-0.15, -0.1) is 0 Å². The predicted octanol–water partition coefficient (Wildman–Crippen LogP) is 10.6. The van der Waals surface area contributed by atoms with E-state index >= 15 is 0 Å². The summed E-state index contributed by atoms with van der Waals surface area (Å²) >= 11 is 0. The molecule has 0 amide bonds. The Bertz CT molecular complexity index is 519. The molecule has 39 heavy (non-hydrogen) atoms. The summed E-state index contributed by atoms with van der Waals surface area (Å²) in [5.74, 6) is 7.96. The van der Waals surface area contributed by atoms with Gasteiger partial charge in [-0.25, -0.2) is 0 Å². The number of rotatable bonds is 18. The highest BCUT2D eigenvalue weighted by Crippen LogP contribution is 2.47. The quantitative estimate of drug-likeness (QED) is 0.180. The standard InChI is InChI=1S/C37H74N2/c1-9-13-26(5)17-32-22-30(23-33(36(32)38)18-27(6)14-10-2)21-31-24-34(19-28(7)15-11-3)37(39)35(25-31)20-29(8)16-12-4/h26-37H,9-25,38-39H2,1-8H3. The molecule has 0 aromatic rings. The fraction of sp³-hybridized carbons (Fsp3) is 1.00. The lowest BCUT2D eigenvalue weighted by Crippen LogP contribution is -2.47. The SMILES string of the molecule is CCCC(C)CC1CC(CC2CC(CC(C)CCC)C(N)C(CC(C)CCC)C2)CC(CC(C)CCC)C1N. The second-order valence-electron chi connectivity index (χ2n) is 15.6. The van der Waals surface area contributed by atoms with Crippen molar-refractivity contribution in [3.05, 3.63) is 0 Å². The Morgan fingerprint density at radius 3 is 0.897 bits per heavy atom. The summed E-state index contributed by atoms with van der Waals surface area (Å²) < 4.78 is 0. The van der Waals surface area contributed by atoms with E-state index in [4.69, 9.17) is 11.5 Å². The van der Waals surface area contributed by atoms with Crippen molar-refractivity contribution in [3.8, 4) is 0 Å². The minimum absolute atomic E-state index is 0.421. The monoisotopic (exact) mass is 547 g/mol. The van der Waals surface area contributed by atoms with Crippen LogP contribution in [-0.4, -0.2) is 12.1 Å². The van der Waals surface area contributed by atoms with Gasteiger partial charge < -0.3 is 11.5 Å². The van der Waals surface area contributed by atoms with Gasteiger partial charge in [-0.05, 0) is 117 Å². The smallest absolute Gasteiger partial charge is 0.00960 e. The van der Waals surface area contributed by atoms with Gasteiger partial charge in [0.1, 0.15) is 0 Å². The van der Waals surface area contributed by atoms with E-state index in [1.807, 2.05) is 0 Å². The summed E-state index contributed by atoms with van der Waals surface area (Å²) in [6, 6.07) is 0.842. The first-order valence-electron chi connectivity index (χ1n) is 18.1. The van der Waals surface area contributed by atoms with Gasteiger partial charge in [0.05, 0.1) is 0 Å². The van der Waals surface area contributed by atoms with Crippen molar-refractivity contribution in [2.45, 2.75) is 177 Å². The molecule has 4 N–H and O–H groups in total. The molecule has 2 nitrogen and oxygen atoms in total. The van der Waals surface area contributed by atoms with E-state index in [9.17, 15) is 0 Å². The molecule has 0 aliphatic heterocycles. The molecule has 2 heteroatoms. The molecular formula is C37H74N2. The average Bonchev–Trinajstić information content (AvgIpc) is 2.85. The van der Waals surface area contributed by atoms with Crippen LogP contribution in [0.15, 0.2) is 0 Å². The summed E-state index contributed by atoms with van der Waals surface area (Å²) in [6.45, 7) is 19.3. The molecule has 2 saturated carbocycles. The van der Waals surface area contributed by atoms with Crippen molar-refractivity contribution in [1.82, 2.24) is 0 Å². The van der Waals surface area contributed by atoms with E-state index in [0.29, 0.717) is 12.1 Å². The van der Waals surface area contributed by atoms with Crippen LogP contribution in [0.5, 0.6) is 0 Å². The molecule has 0 saturated heterocycles. The van der Waals surface area contributed by atoms with E-state index in [1.54, 1.807) is 0 Å². The van der Waals surface area contributed by atoms with E-state index in [1.165, 1.54) is 109 Å². The van der Waals surface area contributed by atoms with Crippen LogP contribution < -0.4 is 11.5 Å². The van der Waals surface area contributed by atoms with Gasteiger partial charge in [0.2, 0.25) is 0 Å². The van der Waals surface area contributed by atoms with Gasteiger partial charge >= 0.3 is 0 Å². The highest BCUT2D eigenvalue weighted by Gasteiger charge is 2.41. The number of hydrogen-bond acceptors (Lipinski definition) is 2. The molecule has 232 valence electrons. The summed E-state index contributed by atoms with van der Waals surface area (Å²) in [7, 11) is 0. The van der Waals surface area contributed by atoms with Crippen molar-refractivity contribution in [1.29, 1.82) is 0 Å². The van der Waals surface area contributed by atoms with Gasteiger partial charge in [-0.2, -0.15) is 0 Å². The minimum Gasteiger partial charge on any atom is -0.327 e. The van der Waals surface area contributed by atoms with Crippen LogP contribution >= 0.6 is 0 Å². The van der Waals surface area contributed by atoms with Crippen LogP contribution in [0.3, 0.4) is 0 Å². The Labute approximate surface area is 247 Å². The van der Waals surface area contributed by atoms with Crippen molar-refractivity contribution in [3.63, 3.8) is 0 Å². The Morgan fingerprint density at radius 2 is 0.692 bits per heavy atom. The summed E-state index contributed by atoms with van der Waals surface area (Å²) in [4.78, 5) is 0. The van der Waals surface area contributed by atoms with Gasteiger partial charge in [0.15, 0.2) is 0 Å². The molecule has 0 radical (unpaired) electrons. The van der Waals surface area contributed by atoms with Gasteiger partial charge in [0.25, 0.3) is 0 Å². The van der Waals surface area contributed by atoms with Gasteiger partial charge in [0, 0.05) is 12.1 Å². The first-order valence-corrected chi connectivity index (χ1v) is 18.1. The van der Waals surface area contributed by atoms with Crippen molar-refractivity contribution in [2.24, 2.45) is 70.6 Å². The zero-order chi connectivity index (χ0) is 28.9. The highest BCUT2D eigenvalue weighted by molar-refractivity contribution is 4.94. The zero-order valence-electron chi connectivity index (χ0n) is 28.1. The molecule has 0 aromatic carbocycles. The van der Waals surface area contributed by atoms with Crippen LogP contribution in [0.2, 0.25) is 0 Å². The molecule has 0 heterocycles. The van der Waals surface area contributed by atoms with Crippen molar-refractivity contribution < 1.29 is 0 Å². The Morgan fingerprint density at radius 1 is 0.462 bits per heavy atom. The van der Waals surface area contributed by atoms with Crippen LogP contribution in [0.25, 0.3) is 0 Å². The van der Waals surface area contributed by atoms with E-state index in [2.05, 4.69) is 55.4 Å². The average molecular weight is 547 g/mol. The molecule has 0 bridgehead atoms. The topological polar surface area (TPSA) is 52.0 Å². The molecule has 2 rings (SSSR count). The molecule has 8 unspecified atom stereocenters. The summed E-state index contributed by atoms with van der Waals surface area (Å²) in [5, 5.41) is 0. The number of nitrogens with two attached hydrogens (primary N) is 2. The van der Waals surface area contributed by atoms with E-state index in [-0.39, 0.29) is 0 Å². The molecule has 2 aliphatic rings. The fourth-order valence-corrected chi connectivity index (χ4v) is 9.68. The van der Waals surface area contributed by atoms with E-state index in [0.717, 1.165) is 59.2 Å². The largest absolute Gasteiger partial charge is 0.327 e. The maximum absolute atomic E-state index is 7.12. The lowest BCUT2D eigenvalue weighted by atomic mass is 9.61. The van der Waals surface area contributed by atoms with Gasteiger partial charge in [-0.3, -0.25) is 0 Å². The summed E-state index contributed by atoms with van der Waals surface area (Å²) in [5.41, 5.74) is 14.2. The number of hydrogen-bond donors (Lipinski definition) is 2. The lowest BCUT2D eigenvalue weighted by molar-refractivity contribution is 0.0713. The molecular weight excluding hydrogens is 472 g/mol. The van der Waals surface area contributed by atoms with Crippen LogP contribution in [0.1, 0.15) is 165 Å². The molecule has 0 aromatic heterocycles. The molecule has 0 spiro atoms. The van der Waals surface area contributed by atoms with Crippen molar-refractivity contribution >= 4 is 0 Å². The minimum atomic E-state index is 0.421. The predicted molar refractivity (Wildman–Crippen MR) is 175 cm³/mol. The third kappa shape index (κ3) is 12.0. The first kappa shape index (κ1) is 35.1. The van der Waals surface area contributed by atoms with Gasteiger partial charge in [-0.1, -0.05) is 107 Å². The Hall–Kier alpha value is -0.0800. The lowest BCUT2D eigenvalue weighted by Gasteiger charge is -2.46. The maximum atomic E-state index is 7.12. The molecule has 8 atom stereocenters. The molecule has 2 fully saturated rings. The van der Waals surface area contributed by atoms with E-state index < -0.39 is 0 Å². The Kier molecular flexibility index (Phi) is 16.6. The third-order valence-corrected chi connectivity index (χ3v) is 11.3. The van der Waals surface area contributed by atoms with Crippen LogP contribution in [0, 0.1) is 59.2 Å². The first-order chi connectivity index (χ1) is 18.6. The second kappa shape index (κ2) is 18.5. The normalized spacial score (nSPS) is 34.9. The third-order valence-electron chi connectivity index (χ3n) is 11.3. The van der Waals surface area contributed by atoms with Crippen LogP contribution in [0.4, 0.5) is 0 Å². The molecule has 2 aliphatic carbocycles. The summed E-state index contributed by atoms with van der Waals surface area (Å²) in [6.07, 6.45) is 23.1. The Balaban J connectivity index is 2.17.